The molecule has 0 atom stereocenters. The molecule has 0 fully saturated rings. The van der Waals surface area contributed by atoms with Crippen molar-refractivity contribution in [3.05, 3.63) is 58.0 Å². The molecular weight excluding hydrogens is 273 g/mol. The summed E-state index contributed by atoms with van der Waals surface area (Å²) >= 11 is 0. The Labute approximate surface area is 118 Å². The standard InChI is InChI=1S/C14H10FN5O/c1-19-13-11(6-18-19)14(21)20(8-17-13)7-10-4-9(5-16)2-3-12(10)15/h2-4,6,8H,7H2,1H3. The molecule has 0 radical (unpaired) electrons. The maximum atomic E-state index is 13.8. The molecule has 0 aliphatic carbocycles. The van der Waals surface area contributed by atoms with E-state index in [1.54, 1.807) is 7.05 Å². The van der Waals surface area contributed by atoms with Gasteiger partial charge >= 0.3 is 0 Å². The first-order valence-corrected chi connectivity index (χ1v) is 6.16. The van der Waals surface area contributed by atoms with Crippen LogP contribution in [0.4, 0.5) is 4.39 Å². The van der Waals surface area contributed by atoms with E-state index in [9.17, 15) is 9.18 Å². The van der Waals surface area contributed by atoms with Crippen molar-refractivity contribution in [1.82, 2.24) is 19.3 Å². The Morgan fingerprint density at radius 1 is 1.43 bits per heavy atom. The summed E-state index contributed by atoms with van der Waals surface area (Å²) in [7, 11) is 1.69. The minimum atomic E-state index is -0.466. The molecule has 2 aromatic heterocycles. The molecule has 0 saturated carbocycles. The lowest BCUT2D eigenvalue weighted by Gasteiger charge is -2.07. The van der Waals surface area contributed by atoms with Gasteiger partial charge in [-0.1, -0.05) is 0 Å². The van der Waals surface area contributed by atoms with Crippen molar-refractivity contribution < 1.29 is 4.39 Å². The molecule has 0 aliphatic heterocycles. The van der Waals surface area contributed by atoms with Crippen molar-refractivity contribution in [2.45, 2.75) is 6.54 Å². The van der Waals surface area contributed by atoms with Gasteiger partial charge in [0, 0.05) is 12.6 Å². The van der Waals surface area contributed by atoms with E-state index in [0.29, 0.717) is 16.6 Å². The van der Waals surface area contributed by atoms with Gasteiger partial charge in [0.05, 0.1) is 24.4 Å². The Hall–Kier alpha value is -3.01. The smallest absolute Gasteiger partial charge is 0.264 e. The average Bonchev–Trinajstić information content (AvgIpc) is 2.86. The number of hydrogen-bond donors (Lipinski definition) is 0. The number of nitriles is 1. The second-order valence-electron chi connectivity index (χ2n) is 4.60. The Morgan fingerprint density at radius 3 is 3.00 bits per heavy atom. The number of rotatable bonds is 2. The quantitative estimate of drug-likeness (QED) is 0.708. The molecule has 0 amide bonds. The molecule has 0 spiro atoms. The van der Waals surface area contributed by atoms with E-state index in [4.69, 9.17) is 5.26 Å². The van der Waals surface area contributed by atoms with Crippen LogP contribution in [0.15, 0.2) is 35.5 Å². The normalized spacial score (nSPS) is 10.7. The van der Waals surface area contributed by atoms with Gasteiger partial charge in [0.25, 0.3) is 5.56 Å². The minimum Gasteiger partial charge on any atom is -0.294 e. The maximum absolute atomic E-state index is 13.8. The summed E-state index contributed by atoms with van der Waals surface area (Å²) in [6.07, 6.45) is 2.79. The van der Waals surface area contributed by atoms with Crippen LogP contribution in [0, 0.1) is 17.1 Å². The van der Waals surface area contributed by atoms with E-state index in [-0.39, 0.29) is 17.7 Å². The summed E-state index contributed by atoms with van der Waals surface area (Å²) in [6.45, 7) is 0.0119. The zero-order valence-corrected chi connectivity index (χ0v) is 11.1. The monoisotopic (exact) mass is 283 g/mol. The molecule has 0 saturated heterocycles. The van der Waals surface area contributed by atoms with Crippen molar-refractivity contribution in [3.8, 4) is 6.07 Å². The van der Waals surface area contributed by atoms with Crippen LogP contribution in [-0.2, 0) is 13.6 Å². The van der Waals surface area contributed by atoms with E-state index in [0.717, 1.165) is 0 Å². The van der Waals surface area contributed by atoms with E-state index >= 15 is 0 Å². The van der Waals surface area contributed by atoms with Gasteiger partial charge in [-0.3, -0.25) is 14.0 Å². The van der Waals surface area contributed by atoms with E-state index in [2.05, 4.69) is 10.1 Å². The topological polar surface area (TPSA) is 76.5 Å². The van der Waals surface area contributed by atoms with Crippen molar-refractivity contribution >= 4 is 11.0 Å². The Balaban J connectivity index is 2.09. The lowest BCUT2D eigenvalue weighted by Crippen LogP contribution is -2.21. The summed E-state index contributed by atoms with van der Waals surface area (Å²) in [5, 5.41) is 13.2. The molecule has 7 heteroatoms. The third-order valence-corrected chi connectivity index (χ3v) is 3.23. The summed E-state index contributed by atoms with van der Waals surface area (Å²) < 4.78 is 16.6. The molecule has 3 rings (SSSR count). The lowest BCUT2D eigenvalue weighted by molar-refractivity contribution is 0.595. The predicted molar refractivity (Wildman–Crippen MR) is 73.0 cm³/mol. The number of hydrogen-bond acceptors (Lipinski definition) is 4. The summed E-state index contributed by atoms with van der Waals surface area (Å²) in [6, 6.07) is 5.98. The van der Waals surface area contributed by atoms with Gasteiger partial charge < -0.3 is 0 Å². The molecule has 0 aliphatic rings. The maximum Gasteiger partial charge on any atom is 0.264 e. The van der Waals surface area contributed by atoms with Gasteiger partial charge in [-0.05, 0) is 18.2 Å². The molecule has 2 heterocycles. The molecule has 6 nitrogen and oxygen atoms in total. The molecule has 0 unspecified atom stereocenters. The molecule has 0 bridgehead atoms. The van der Waals surface area contributed by atoms with Crippen LogP contribution in [0.3, 0.4) is 0 Å². The largest absolute Gasteiger partial charge is 0.294 e. The zero-order valence-electron chi connectivity index (χ0n) is 11.1. The van der Waals surface area contributed by atoms with Crippen LogP contribution in [0.5, 0.6) is 0 Å². The highest BCUT2D eigenvalue weighted by atomic mass is 19.1. The van der Waals surface area contributed by atoms with E-state index in [1.165, 1.54) is 40.0 Å². The van der Waals surface area contributed by atoms with Crippen molar-refractivity contribution in [3.63, 3.8) is 0 Å². The Bertz CT molecular complexity index is 935. The van der Waals surface area contributed by atoms with E-state index < -0.39 is 5.82 Å². The molecule has 1 aromatic carbocycles. The molecule has 0 N–H and O–H groups in total. The summed E-state index contributed by atoms with van der Waals surface area (Å²) in [4.78, 5) is 16.4. The Kier molecular flexibility index (Phi) is 2.99. The summed E-state index contributed by atoms with van der Waals surface area (Å²) in [5.74, 6) is -0.466. The molecule has 104 valence electrons. The van der Waals surface area contributed by atoms with Crippen molar-refractivity contribution in [2.24, 2.45) is 7.05 Å². The number of aryl methyl sites for hydroxylation is 1. The molecular formula is C14H10FN5O. The number of aromatic nitrogens is 4. The second-order valence-corrected chi connectivity index (χ2v) is 4.60. The first-order valence-electron chi connectivity index (χ1n) is 6.16. The van der Waals surface area contributed by atoms with Crippen LogP contribution in [0.2, 0.25) is 0 Å². The number of halogens is 1. The van der Waals surface area contributed by atoms with Crippen LogP contribution in [0.25, 0.3) is 11.0 Å². The van der Waals surface area contributed by atoms with Gasteiger partial charge in [-0.15, -0.1) is 0 Å². The predicted octanol–water partition coefficient (Wildman–Crippen LogP) is 1.19. The van der Waals surface area contributed by atoms with Crippen molar-refractivity contribution in [2.75, 3.05) is 0 Å². The highest BCUT2D eigenvalue weighted by Gasteiger charge is 2.10. The fourth-order valence-corrected chi connectivity index (χ4v) is 2.13. The van der Waals surface area contributed by atoms with Crippen LogP contribution >= 0.6 is 0 Å². The fourth-order valence-electron chi connectivity index (χ4n) is 2.13. The van der Waals surface area contributed by atoms with E-state index in [1.807, 2.05) is 6.07 Å². The van der Waals surface area contributed by atoms with Gasteiger partial charge in [0.15, 0.2) is 5.65 Å². The fraction of sp³-hybridized carbons (Fsp3) is 0.143. The highest BCUT2D eigenvalue weighted by molar-refractivity contribution is 5.72. The van der Waals surface area contributed by atoms with Crippen LogP contribution in [-0.4, -0.2) is 19.3 Å². The highest BCUT2D eigenvalue weighted by Crippen LogP contribution is 2.12. The number of fused-ring (bicyclic) bond motifs is 1. The van der Waals surface area contributed by atoms with Gasteiger partial charge in [0.1, 0.15) is 17.5 Å². The lowest BCUT2D eigenvalue weighted by atomic mass is 10.1. The van der Waals surface area contributed by atoms with Crippen LogP contribution in [0.1, 0.15) is 11.1 Å². The first-order chi connectivity index (χ1) is 10.1. The SMILES string of the molecule is Cn1ncc2c(=O)n(Cc3cc(C#N)ccc3F)cnc21. The third-order valence-electron chi connectivity index (χ3n) is 3.23. The van der Waals surface area contributed by atoms with Gasteiger partial charge in [-0.25, -0.2) is 9.37 Å². The Morgan fingerprint density at radius 2 is 2.24 bits per heavy atom. The zero-order chi connectivity index (χ0) is 15.0. The average molecular weight is 283 g/mol. The van der Waals surface area contributed by atoms with Crippen molar-refractivity contribution in [1.29, 1.82) is 5.26 Å². The molecule has 21 heavy (non-hydrogen) atoms. The van der Waals surface area contributed by atoms with Gasteiger partial charge in [0.2, 0.25) is 0 Å². The minimum absolute atomic E-state index is 0.0119. The second kappa shape index (κ2) is 4.83. The van der Waals surface area contributed by atoms with Gasteiger partial charge in [-0.2, -0.15) is 10.4 Å². The number of benzene rings is 1. The summed E-state index contributed by atoms with van der Waals surface area (Å²) in [5.41, 5.74) is 0.786. The first kappa shape index (κ1) is 13.0. The third kappa shape index (κ3) is 2.17. The van der Waals surface area contributed by atoms with Crippen LogP contribution < -0.4 is 5.56 Å². The molecule has 3 aromatic rings. The number of nitrogens with zero attached hydrogens (tertiary/aromatic N) is 5.